The zero-order valence-corrected chi connectivity index (χ0v) is 12.5. The molecular weight excluding hydrogens is 296 g/mol. The predicted octanol–water partition coefficient (Wildman–Crippen LogP) is 3.12. The second-order valence-electron chi connectivity index (χ2n) is 4.26. The summed E-state index contributed by atoms with van der Waals surface area (Å²) < 4.78 is 5.08. The number of methoxy groups -OCH3 is 1. The van der Waals surface area contributed by atoms with E-state index in [1.54, 1.807) is 43.3 Å². The highest BCUT2D eigenvalue weighted by Crippen LogP contribution is 2.33. The van der Waals surface area contributed by atoms with Crippen molar-refractivity contribution in [3.05, 3.63) is 45.4 Å². The zero-order valence-electron chi connectivity index (χ0n) is 11.7. The molecule has 1 heterocycles. The van der Waals surface area contributed by atoms with Gasteiger partial charge in [0.05, 0.1) is 12.0 Å². The maximum absolute atomic E-state index is 11.2. The molecule has 21 heavy (non-hydrogen) atoms. The molecule has 110 valence electrons. The summed E-state index contributed by atoms with van der Waals surface area (Å²) in [6.07, 6.45) is 0. The Morgan fingerprint density at radius 1 is 1.29 bits per heavy atom. The Bertz CT molecular complexity index is 676. The Morgan fingerprint density at radius 2 is 1.90 bits per heavy atom. The molecule has 2 aromatic rings. The normalized spacial score (nSPS) is 10.3. The molecule has 0 spiro atoms. The molecule has 2 rings (SSSR count). The summed E-state index contributed by atoms with van der Waals surface area (Å²) in [6.45, 7) is 1.52. The van der Waals surface area contributed by atoms with Crippen LogP contribution in [0.4, 0.5) is 17.2 Å². The summed E-state index contributed by atoms with van der Waals surface area (Å²) in [5.74, 6) is 0.834. The van der Waals surface area contributed by atoms with Gasteiger partial charge >= 0.3 is 5.69 Å². The SMILES string of the molecule is COc1ccc(N(C)c2nc(Cl)nc(C)c2[N+](=O)[O-])cc1. The van der Waals surface area contributed by atoms with Crippen molar-refractivity contribution in [1.29, 1.82) is 0 Å². The van der Waals surface area contributed by atoms with Gasteiger partial charge in [-0.3, -0.25) is 10.1 Å². The summed E-state index contributed by atoms with van der Waals surface area (Å²) in [6, 6.07) is 7.06. The largest absolute Gasteiger partial charge is 0.497 e. The van der Waals surface area contributed by atoms with E-state index in [-0.39, 0.29) is 22.5 Å². The van der Waals surface area contributed by atoms with Crippen LogP contribution in [0.3, 0.4) is 0 Å². The molecule has 0 amide bonds. The van der Waals surface area contributed by atoms with Crippen molar-refractivity contribution in [2.45, 2.75) is 6.92 Å². The number of ether oxygens (including phenoxy) is 1. The molecule has 8 heteroatoms. The smallest absolute Gasteiger partial charge is 0.333 e. The number of rotatable bonds is 4. The fourth-order valence-corrected chi connectivity index (χ4v) is 2.10. The van der Waals surface area contributed by atoms with E-state index in [2.05, 4.69) is 9.97 Å². The molecule has 0 aliphatic rings. The average Bonchev–Trinajstić information content (AvgIpc) is 2.45. The minimum atomic E-state index is -0.513. The first-order valence-electron chi connectivity index (χ1n) is 6.00. The third-order valence-electron chi connectivity index (χ3n) is 2.97. The highest BCUT2D eigenvalue weighted by Gasteiger charge is 2.25. The molecular formula is C13H13ClN4O3. The molecule has 0 saturated heterocycles. The summed E-state index contributed by atoms with van der Waals surface area (Å²) in [5.41, 5.74) is 0.765. The lowest BCUT2D eigenvalue weighted by molar-refractivity contribution is -0.385. The fraction of sp³-hybridized carbons (Fsp3) is 0.231. The minimum Gasteiger partial charge on any atom is -0.497 e. The van der Waals surface area contributed by atoms with Crippen LogP contribution in [0.2, 0.25) is 5.28 Å². The lowest BCUT2D eigenvalue weighted by Crippen LogP contribution is -2.15. The lowest BCUT2D eigenvalue weighted by Gasteiger charge is -2.19. The van der Waals surface area contributed by atoms with Crippen LogP contribution in [0.1, 0.15) is 5.69 Å². The molecule has 0 N–H and O–H groups in total. The second kappa shape index (κ2) is 5.92. The quantitative estimate of drug-likeness (QED) is 0.490. The van der Waals surface area contributed by atoms with Gasteiger partial charge in [0.25, 0.3) is 0 Å². The van der Waals surface area contributed by atoms with Gasteiger partial charge in [0.1, 0.15) is 11.4 Å². The van der Waals surface area contributed by atoms with Gasteiger partial charge in [-0.25, -0.2) is 4.98 Å². The molecule has 0 aliphatic heterocycles. The van der Waals surface area contributed by atoms with E-state index in [1.165, 1.54) is 6.92 Å². The van der Waals surface area contributed by atoms with Gasteiger partial charge in [-0.1, -0.05) is 0 Å². The van der Waals surface area contributed by atoms with E-state index in [0.717, 1.165) is 0 Å². The van der Waals surface area contributed by atoms with Crippen molar-refractivity contribution in [3.63, 3.8) is 0 Å². The Kier molecular flexibility index (Phi) is 4.23. The Balaban J connectivity index is 2.51. The van der Waals surface area contributed by atoms with Crippen LogP contribution in [0.25, 0.3) is 0 Å². The van der Waals surface area contributed by atoms with Crippen LogP contribution >= 0.6 is 11.6 Å². The maximum atomic E-state index is 11.2. The van der Waals surface area contributed by atoms with Crippen LogP contribution in [-0.4, -0.2) is 29.0 Å². The van der Waals surface area contributed by atoms with E-state index in [9.17, 15) is 10.1 Å². The molecule has 0 unspecified atom stereocenters. The standard InChI is InChI=1S/C13H13ClN4O3/c1-8-11(18(19)20)12(16-13(14)15-8)17(2)9-4-6-10(21-3)7-5-9/h4-7H,1-3H3. The Labute approximate surface area is 126 Å². The van der Waals surface area contributed by atoms with Gasteiger partial charge < -0.3 is 9.64 Å². The first kappa shape index (κ1) is 15.0. The van der Waals surface area contributed by atoms with Crippen LogP contribution in [0.5, 0.6) is 5.75 Å². The molecule has 0 atom stereocenters. The fourth-order valence-electron chi connectivity index (χ4n) is 1.89. The zero-order chi connectivity index (χ0) is 15.6. The molecule has 0 fully saturated rings. The molecule has 7 nitrogen and oxygen atoms in total. The molecule has 1 aromatic carbocycles. The number of nitrogens with zero attached hydrogens (tertiary/aromatic N) is 4. The molecule has 0 aliphatic carbocycles. The van der Waals surface area contributed by atoms with Gasteiger partial charge in [0, 0.05) is 12.7 Å². The van der Waals surface area contributed by atoms with E-state index in [1.807, 2.05) is 0 Å². The number of hydrogen-bond acceptors (Lipinski definition) is 6. The first-order valence-corrected chi connectivity index (χ1v) is 6.38. The van der Waals surface area contributed by atoms with E-state index in [0.29, 0.717) is 11.4 Å². The lowest BCUT2D eigenvalue weighted by atomic mass is 10.2. The van der Waals surface area contributed by atoms with Gasteiger partial charge in [-0.15, -0.1) is 0 Å². The number of hydrogen-bond donors (Lipinski definition) is 0. The number of halogens is 1. The van der Waals surface area contributed by atoms with Gasteiger partial charge in [-0.2, -0.15) is 4.98 Å². The highest BCUT2D eigenvalue weighted by molar-refractivity contribution is 6.28. The molecule has 1 aromatic heterocycles. The van der Waals surface area contributed by atoms with Gasteiger partial charge in [0.15, 0.2) is 0 Å². The molecule has 0 bridgehead atoms. The van der Waals surface area contributed by atoms with Crippen molar-refractivity contribution in [2.24, 2.45) is 0 Å². The number of anilines is 2. The second-order valence-corrected chi connectivity index (χ2v) is 4.60. The predicted molar refractivity (Wildman–Crippen MR) is 79.5 cm³/mol. The van der Waals surface area contributed by atoms with Gasteiger partial charge in [-0.05, 0) is 42.8 Å². The van der Waals surface area contributed by atoms with Crippen LogP contribution < -0.4 is 9.64 Å². The highest BCUT2D eigenvalue weighted by atomic mass is 35.5. The Morgan fingerprint density at radius 3 is 2.43 bits per heavy atom. The van der Waals surface area contributed by atoms with Crippen molar-refractivity contribution < 1.29 is 9.66 Å². The van der Waals surface area contributed by atoms with Crippen molar-refractivity contribution in [3.8, 4) is 5.75 Å². The summed E-state index contributed by atoms with van der Waals surface area (Å²) in [7, 11) is 3.24. The number of aryl methyl sites for hydroxylation is 1. The Hall–Kier alpha value is -2.41. The van der Waals surface area contributed by atoms with Crippen LogP contribution in [0.15, 0.2) is 24.3 Å². The molecule has 0 saturated carbocycles. The number of benzene rings is 1. The van der Waals surface area contributed by atoms with Crippen molar-refractivity contribution >= 4 is 28.8 Å². The van der Waals surface area contributed by atoms with Crippen LogP contribution in [0, 0.1) is 17.0 Å². The third-order valence-corrected chi connectivity index (χ3v) is 3.14. The maximum Gasteiger partial charge on any atom is 0.333 e. The van der Waals surface area contributed by atoms with Crippen LogP contribution in [-0.2, 0) is 0 Å². The number of aromatic nitrogens is 2. The minimum absolute atomic E-state index is 0.0338. The van der Waals surface area contributed by atoms with Crippen molar-refractivity contribution in [1.82, 2.24) is 9.97 Å². The summed E-state index contributed by atoms with van der Waals surface area (Å²) in [4.78, 5) is 20.1. The van der Waals surface area contributed by atoms with Crippen molar-refractivity contribution in [2.75, 3.05) is 19.1 Å². The number of nitro groups is 1. The van der Waals surface area contributed by atoms with E-state index in [4.69, 9.17) is 16.3 Å². The average molecular weight is 309 g/mol. The van der Waals surface area contributed by atoms with E-state index < -0.39 is 4.92 Å². The third kappa shape index (κ3) is 3.03. The topological polar surface area (TPSA) is 81.4 Å². The van der Waals surface area contributed by atoms with E-state index >= 15 is 0 Å². The first-order chi connectivity index (χ1) is 9.93. The summed E-state index contributed by atoms with van der Waals surface area (Å²) >= 11 is 5.81. The molecule has 0 radical (unpaired) electrons. The summed E-state index contributed by atoms with van der Waals surface area (Å²) in [5, 5.41) is 11.2. The van der Waals surface area contributed by atoms with Gasteiger partial charge in [0.2, 0.25) is 11.1 Å². The monoisotopic (exact) mass is 308 g/mol.